The molecule has 1 unspecified atom stereocenters. The van der Waals surface area contributed by atoms with E-state index in [0.717, 1.165) is 41.6 Å². The first-order valence-electron chi connectivity index (χ1n) is 8.03. The molecule has 3 rings (SSSR count). The molecule has 1 amide bonds. The number of carbonyl (C=O) groups is 1. The summed E-state index contributed by atoms with van der Waals surface area (Å²) in [5, 5.41) is 3.19. The number of piperidine rings is 1. The second kappa shape index (κ2) is 7.93. The second-order valence-corrected chi connectivity index (χ2v) is 7.29. The van der Waals surface area contributed by atoms with E-state index in [1.54, 1.807) is 0 Å². The van der Waals surface area contributed by atoms with Crippen LogP contribution >= 0.6 is 22.6 Å². The number of carbonyl (C=O) groups excluding carboxylic acids is 1. The molecule has 2 aromatic carbocycles. The molecule has 23 heavy (non-hydrogen) atoms. The minimum absolute atomic E-state index is 0.0351. The lowest BCUT2D eigenvalue weighted by Gasteiger charge is -2.33. The highest BCUT2D eigenvalue weighted by atomic mass is 127. The fourth-order valence-corrected chi connectivity index (χ4v) is 3.39. The van der Waals surface area contributed by atoms with Gasteiger partial charge in [-0.1, -0.05) is 30.3 Å². The molecule has 2 aromatic rings. The molecule has 1 aliphatic rings. The molecule has 4 heteroatoms. The van der Waals surface area contributed by atoms with Crippen LogP contribution in [-0.4, -0.2) is 29.9 Å². The van der Waals surface area contributed by atoms with Gasteiger partial charge >= 0.3 is 0 Å². The molecule has 0 saturated carbocycles. The van der Waals surface area contributed by atoms with Gasteiger partial charge in [0.05, 0.1) is 0 Å². The molecule has 1 saturated heterocycles. The van der Waals surface area contributed by atoms with Crippen molar-refractivity contribution in [1.82, 2.24) is 10.2 Å². The Morgan fingerprint density at radius 1 is 1.13 bits per heavy atom. The normalized spacial score (nSPS) is 18.6. The van der Waals surface area contributed by atoms with Gasteiger partial charge < -0.3 is 5.32 Å². The zero-order chi connectivity index (χ0) is 16.1. The summed E-state index contributed by atoms with van der Waals surface area (Å²) in [7, 11) is 0. The Morgan fingerprint density at radius 2 is 1.87 bits per heavy atom. The zero-order valence-corrected chi connectivity index (χ0v) is 15.2. The maximum Gasteiger partial charge on any atom is 0.251 e. The highest BCUT2D eigenvalue weighted by Crippen LogP contribution is 2.14. The maximum atomic E-state index is 12.4. The first-order chi connectivity index (χ1) is 11.2. The van der Waals surface area contributed by atoms with Crippen LogP contribution in [0.25, 0.3) is 0 Å². The molecule has 0 spiro atoms. The molecule has 3 nitrogen and oxygen atoms in total. The van der Waals surface area contributed by atoms with Crippen LogP contribution in [0.3, 0.4) is 0 Å². The third-order valence-corrected chi connectivity index (χ3v) is 4.92. The summed E-state index contributed by atoms with van der Waals surface area (Å²) in [6.45, 7) is 2.98. The van der Waals surface area contributed by atoms with E-state index in [0.29, 0.717) is 0 Å². The van der Waals surface area contributed by atoms with E-state index in [-0.39, 0.29) is 11.9 Å². The van der Waals surface area contributed by atoms with Crippen LogP contribution in [0.5, 0.6) is 0 Å². The number of nitrogens with one attached hydrogen (secondary N) is 1. The fraction of sp³-hybridized carbons (Fsp3) is 0.316. The van der Waals surface area contributed by atoms with Crippen LogP contribution in [0.15, 0.2) is 54.6 Å². The van der Waals surface area contributed by atoms with Crippen LogP contribution in [-0.2, 0) is 6.54 Å². The average Bonchev–Trinajstić information content (AvgIpc) is 2.57. The summed E-state index contributed by atoms with van der Waals surface area (Å²) in [5.41, 5.74) is 2.07. The summed E-state index contributed by atoms with van der Waals surface area (Å²) in [6, 6.07) is 18.5. The van der Waals surface area contributed by atoms with Crippen molar-refractivity contribution in [1.29, 1.82) is 0 Å². The zero-order valence-electron chi connectivity index (χ0n) is 13.0. The fourth-order valence-electron chi connectivity index (χ4n) is 3.03. The third-order valence-electron chi connectivity index (χ3n) is 4.20. The Hall–Kier alpha value is -1.40. The number of halogens is 1. The first-order valence-corrected chi connectivity index (χ1v) is 9.11. The van der Waals surface area contributed by atoms with Gasteiger partial charge in [0, 0.05) is 28.3 Å². The van der Waals surface area contributed by atoms with Crippen molar-refractivity contribution in [3.8, 4) is 0 Å². The average molecular weight is 420 g/mol. The van der Waals surface area contributed by atoms with Gasteiger partial charge in [0.1, 0.15) is 0 Å². The standard InChI is InChI=1S/C19H21IN2O/c20-17-10-8-16(9-11-17)19(23)21-18-7-4-12-22(14-18)13-15-5-2-1-3-6-15/h1-3,5-6,8-11,18H,4,7,12-14H2,(H,21,23). The van der Waals surface area contributed by atoms with E-state index < -0.39 is 0 Å². The molecular formula is C19H21IN2O. The second-order valence-electron chi connectivity index (χ2n) is 6.04. The molecule has 1 aliphatic heterocycles. The van der Waals surface area contributed by atoms with E-state index in [2.05, 4.69) is 57.1 Å². The largest absolute Gasteiger partial charge is 0.348 e. The number of rotatable bonds is 4. The van der Waals surface area contributed by atoms with Gasteiger partial charge in [-0.15, -0.1) is 0 Å². The molecule has 1 N–H and O–H groups in total. The molecule has 0 bridgehead atoms. The van der Waals surface area contributed by atoms with Gasteiger partial charge in [0.2, 0.25) is 0 Å². The predicted octanol–water partition coefficient (Wildman–Crippen LogP) is 3.69. The molecule has 1 atom stereocenters. The summed E-state index contributed by atoms with van der Waals surface area (Å²) < 4.78 is 1.14. The Balaban J connectivity index is 1.56. The van der Waals surface area contributed by atoms with E-state index >= 15 is 0 Å². The van der Waals surface area contributed by atoms with Crippen LogP contribution < -0.4 is 5.32 Å². The maximum absolute atomic E-state index is 12.4. The van der Waals surface area contributed by atoms with Gasteiger partial charge in [-0.05, 0) is 71.8 Å². The van der Waals surface area contributed by atoms with Crippen molar-refractivity contribution < 1.29 is 4.79 Å². The SMILES string of the molecule is O=C(NC1CCCN(Cc2ccccc2)C1)c1ccc(I)cc1. The summed E-state index contributed by atoms with van der Waals surface area (Å²) in [4.78, 5) is 14.8. The third kappa shape index (κ3) is 4.78. The quantitative estimate of drug-likeness (QED) is 0.766. The van der Waals surface area contributed by atoms with Gasteiger partial charge in [0.25, 0.3) is 5.91 Å². The number of amides is 1. The van der Waals surface area contributed by atoms with Gasteiger partial charge in [-0.2, -0.15) is 0 Å². The Labute approximate surface area is 151 Å². The highest BCUT2D eigenvalue weighted by Gasteiger charge is 2.21. The summed E-state index contributed by atoms with van der Waals surface area (Å²) in [5.74, 6) is 0.0351. The summed E-state index contributed by atoms with van der Waals surface area (Å²) >= 11 is 2.25. The van der Waals surface area contributed by atoms with Crippen LogP contribution in [0, 0.1) is 3.57 Å². The monoisotopic (exact) mass is 420 g/mol. The van der Waals surface area contributed by atoms with Crippen LogP contribution in [0.2, 0.25) is 0 Å². The van der Waals surface area contributed by atoms with Crippen molar-refractivity contribution in [2.45, 2.75) is 25.4 Å². The van der Waals surface area contributed by atoms with E-state index in [1.165, 1.54) is 5.56 Å². The first kappa shape index (κ1) is 16.5. The van der Waals surface area contributed by atoms with Gasteiger partial charge in [0.15, 0.2) is 0 Å². The van der Waals surface area contributed by atoms with Crippen molar-refractivity contribution in [2.24, 2.45) is 0 Å². The number of nitrogens with zero attached hydrogens (tertiary/aromatic N) is 1. The van der Waals surface area contributed by atoms with E-state index in [4.69, 9.17) is 0 Å². The molecule has 0 aromatic heterocycles. The van der Waals surface area contributed by atoms with Gasteiger partial charge in [-0.25, -0.2) is 0 Å². The minimum Gasteiger partial charge on any atom is -0.348 e. The molecule has 1 heterocycles. The smallest absolute Gasteiger partial charge is 0.251 e. The van der Waals surface area contributed by atoms with Crippen molar-refractivity contribution in [3.05, 3.63) is 69.3 Å². The van der Waals surface area contributed by atoms with E-state index in [1.807, 2.05) is 30.3 Å². The lowest BCUT2D eigenvalue weighted by molar-refractivity contribution is 0.0901. The molecule has 0 aliphatic carbocycles. The number of hydrogen-bond donors (Lipinski definition) is 1. The topological polar surface area (TPSA) is 32.3 Å². The lowest BCUT2D eigenvalue weighted by Crippen LogP contribution is -2.47. The van der Waals surface area contributed by atoms with Crippen LogP contribution in [0.1, 0.15) is 28.8 Å². The van der Waals surface area contributed by atoms with E-state index in [9.17, 15) is 4.79 Å². The number of hydrogen-bond acceptors (Lipinski definition) is 2. The number of benzene rings is 2. The minimum atomic E-state index is 0.0351. The summed E-state index contributed by atoms with van der Waals surface area (Å²) in [6.07, 6.45) is 2.19. The Morgan fingerprint density at radius 3 is 2.61 bits per heavy atom. The molecular weight excluding hydrogens is 399 g/mol. The lowest BCUT2D eigenvalue weighted by atomic mass is 10.0. The Kier molecular flexibility index (Phi) is 5.67. The van der Waals surface area contributed by atoms with Crippen molar-refractivity contribution in [2.75, 3.05) is 13.1 Å². The van der Waals surface area contributed by atoms with Crippen molar-refractivity contribution >= 4 is 28.5 Å². The number of likely N-dealkylation sites (tertiary alicyclic amines) is 1. The van der Waals surface area contributed by atoms with Gasteiger partial charge in [-0.3, -0.25) is 9.69 Å². The Bertz CT molecular complexity index is 642. The van der Waals surface area contributed by atoms with Crippen molar-refractivity contribution in [3.63, 3.8) is 0 Å². The highest BCUT2D eigenvalue weighted by molar-refractivity contribution is 14.1. The molecule has 0 radical (unpaired) electrons. The molecule has 120 valence electrons. The van der Waals surface area contributed by atoms with Crippen LogP contribution in [0.4, 0.5) is 0 Å². The molecule has 1 fully saturated rings. The predicted molar refractivity (Wildman–Crippen MR) is 101 cm³/mol.